The third kappa shape index (κ3) is 7.92. The predicted molar refractivity (Wildman–Crippen MR) is 141 cm³/mol. The van der Waals surface area contributed by atoms with Gasteiger partial charge in [0.25, 0.3) is 12.4 Å². The number of benzene rings is 1. The van der Waals surface area contributed by atoms with Gasteiger partial charge in [0.15, 0.2) is 17.4 Å². The second-order valence-corrected chi connectivity index (χ2v) is 10.9. The minimum Gasteiger partial charge on any atom is -0.487 e. The highest BCUT2D eigenvalue weighted by Gasteiger charge is 2.39. The highest BCUT2D eigenvalue weighted by molar-refractivity contribution is 5.90. The number of hydrogen-bond acceptors (Lipinski definition) is 8. The maximum absolute atomic E-state index is 14.6. The normalized spacial score (nSPS) is 19.6. The van der Waals surface area contributed by atoms with E-state index in [0.29, 0.717) is 43.2 Å². The first-order valence-electron chi connectivity index (χ1n) is 13.4. The Morgan fingerprint density at radius 3 is 2.05 bits per heavy atom. The van der Waals surface area contributed by atoms with Crippen molar-refractivity contribution in [2.45, 2.75) is 38.2 Å². The van der Waals surface area contributed by atoms with Crippen LogP contribution < -0.4 is 4.74 Å². The molecule has 39 heavy (non-hydrogen) atoms. The Balaban J connectivity index is 0.000000438. The van der Waals surface area contributed by atoms with E-state index in [1.165, 1.54) is 24.5 Å². The van der Waals surface area contributed by atoms with Crippen LogP contribution in [0.25, 0.3) is 11.1 Å². The molecule has 1 amide bonds. The number of nitrogens with zero attached hydrogens (tertiary/aromatic N) is 5. The second-order valence-electron chi connectivity index (χ2n) is 10.9. The summed E-state index contributed by atoms with van der Waals surface area (Å²) in [5.74, 6) is -1.73. The number of piperazine rings is 1. The molecule has 1 aliphatic carbocycles. The fourth-order valence-electron chi connectivity index (χ4n) is 4.44. The van der Waals surface area contributed by atoms with Gasteiger partial charge in [0, 0.05) is 44.1 Å². The quantitative estimate of drug-likeness (QED) is 0.490. The van der Waals surface area contributed by atoms with Gasteiger partial charge < -0.3 is 24.2 Å². The van der Waals surface area contributed by atoms with E-state index in [4.69, 9.17) is 4.74 Å². The summed E-state index contributed by atoms with van der Waals surface area (Å²) < 4.78 is 39.4. The first-order chi connectivity index (χ1) is 18.7. The number of hydrogen-bond donors (Lipinski definition) is 0. The molecule has 0 atom stereocenters. The highest BCUT2D eigenvalue weighted by Crippen LogP contribution is 2.37. The van der Waals surface area contributed by atoms with Crippen molar-refractivity contribution in [1.29, 1.82) is 0 Å². The van der Waals surface area contributed by atoms with Gasteiger partial charge in [0.1, 0.15) is 5.60 Å². The van der Waals surface area contributed by atoms with Crippen molar-refractivity contribution in [3.63, 3.8) is 0 Å². The van der Waals surface area contributed by atoms with Crippen LogP contribution in [0.15, 0.2) is 24.5 Å². The van der Waals surface area contributed by atoms with Gasteiger partial charge in [-0.15, -0.1) is 0 Å². The fourth-order valence-corrected chi connectivity index (χ4v) is 4.44. The Kier molecular flexibility index (Phi) is 9.45. The number of aromatic nitrogens is 2. The van der Waals surface area contributed by atoms with Gasteiger partial charge in [-0.05, 0) is 83.4 Å². The van der Waals surface area contributed by atoms with Crippen LogP contribution in [0.3, 0.4) is 0 Å². The van der Waals surface area contributed by atoms with Crippen molar-refractivity contribution < 1.29 is 27.8 Å². The number of likely N-dealkylation sites (N-methyl/N-ethyl adjacent to an activating group) is 1. The molecule has 2 aromatic rings. The molecule has 11 heteroatoms. The molecule has 2 saturated heterocycles. The van der Waals surface area contributed by atoms with Crippen molar-refractivity contribution in [3.8, 4) is 16.9 Å². The average Bonchev–Trinajstić information content (AvgIpc) is 3.66. The highest BCUT2D eigenvalue weighted by atomic mass is 19.1. The second kappa shape index (κ2) is 12.8. The van der Waals surface area contributed by atoms with Gasteiger partial charge in [0.05, 0.1) is 6.61 Å². The monoisotopic (exact) mass is 545 g/mol. The maximum Gasteiger partial charge on any atom is 0.293 e. The zero-order valence-corrected chi connectivity index (χ0v) is 22.9. The number of halogens is 2. The van der Waals surface area contributed by atoms with Crippen LogP contribution in [0.4, 0.5) is 8.78 Å². The number of rotatable bonds is 7. The summed E-state index contributed by atoms with van der Waals surface area (Å²) in [5, 5.41) is 0. The van der Waals surface area contributed by atoms with Crippen molar-refractivity contribution in [2.75, 3.05) is 60.0 Å². The fraction of sp³-hybridized carbons (Fsp3) is 0.571. The lowest BCUT2D eigenvalue weighted by Crippen LogP contribution is -2.47. The van der Waals surface area contributed by atoms with Gasteiger partial charge >= 0.3 is 0 Å². The molecule has 3 fully saturated rings. The summed E-state index contributed by atoms with van der Waals surface area (Å²) in [6, 6.07) is 2.43. The zero-order valence-electron chi connectivity index (χ0n) is 22.9. The minimum atomic E-state index is -0.759. The molecule has 3 aliphatic rings. The molecule has 0 unspecified atom stereocenters. The molecule has 3 heterocycles. The van der Waals surface area contributed by atoms with Crippen LogP contribution in [-0.2, 0) is 9.53 Å². The Morgan fingerprint density at radius 1 is 0.974 bits per heavy atom. The van der Waals surface area contributed by atoms with Crippen molar-refractivity contribution in [2.24, 2.45) is 5.92 Å². The lowest BCUT2D eigenvalue weighted by atomic mass is 9.98. The molecule has 212 valence electrons. The van der Waals surface area contributed by atoms with E-state index in [1.54, 1.807) is 4.90 Å². The van der Waals surface area contributed by atoms with Gasteiger partial charge in [-0.3, -0.25) is 9.59 Å². The molecule has 0 bridgehead atoms. The topological polar surface area (TPSA) is 88.1 Å². The summed E-state index contributed by atoms with van der Waals surface area (Å²) in [5.41, 5.74) is 0.659. The van der Waals surface area contributed by atoms with E-state index < -0.39 is 11.6 Å². The molecule has 1 aromatic heterocycles. The van der Waals surface area contributed by atoms with Crippen LogP contribution in [-0.4, -0.2) is 103 Å². The van der Waals surface area contributed by atoms with Crippen LogP contribution in [0.5, 0.6) is 5.75 Å². The molecular weight excluding hydrogens is 508 g/mol. The average molecular weight is 546 g/mol. The smallest absolute Gasteiger partial charge is 0.293 e. The molecular formula is C28H37F2N5O4. The van der Waals surface area contributed by atoms with Crippen LogP contribution in [0.2, 0.25) is 0 Å². The number of ether oxygens (including phenoxy) is 2. The molecule has 2 aliphatic heterocycles. The first kappa shape index (κ1) is 28.8. The summed E-state index contributed by atoms with van der Waals surface area (Å²) in [6.07, 6.45) is 6.81. The van der Waals surface area contributed by atoms with Gasteiger partial charge in [0.2, 0.25) is 5.82 Å². The Morgan fingerprint density at radius 2 is 1.54 bits per heavy atom. The number of carbonyl (C=O) groups excluding carboxylic acids is 2. The standard InChI is InChI=1S/C23H29F2N5O2.C5H8O2/c1-28-5-3-16(4-6-28)15-32-21-19(24)11-17(12-20(21)25)18-13-26-22(27-14-18)23(31)30-9-7-29(2)8-10-30;1-5(2-3-5)7-4-6/h11-14,16H,3-10,15H2,1-2H3;4H,2-3H2,1H3. The van der Waals surface area contributed by atoms with Gasteiger partial charge in [-0.1, -0.05) is 0 Å². The lowest BCUT2D eigenvalue weighted by Gasteiger charge is -2.31. The lowest BCUT2D eigenvalue weighted by molar-refractivity contribution is -0.134. The number of piperidine rings is 1. The molecule has 0 N–H and O–H groups in total. The SMILES string of the molecule is CC1(OC=O)CC1.CN1CCC(COc2c(F)cc(-c3cnc(C(=O)N4CCN(C)CC4)nc3)cc2F)CC1. The third-order valence-corrected chi connectivity index (χ3v) is 7.55. The summed E-state index contributed by atoms with van der Waals surface area (Å²) in [7, 11) is 4.07. The number of likely N-dealkylation sites (tertiary alicyclic amines) is 1. The van der Waals surface area contributed by atoms with E-state index in [-0.39, 0.29) is 23.1 Å². The Hall–Kier alpha value is -3.18. The van der Waals surface area contributed by atoms with Crippen molar-refractivity contribution in [3.05, 3.63) is 42.0 Å². The van der Waals surface area contributed by atoms with E-state index in [1.807, 2.05) is 14.0 Å². The predicted octanol–water partition coefficient (Wildman–Crippen LogP) is 3.24. The summed E-state index contributed by atoms with van der Waals surface area (Å²) >= 11 is 0. The summed E-state index contributed by atoms with van der Waals surface area (Å²) in [4.78, 5) is 36.6. The van der Waals surface area contributed by atoms with E-state index in [2.05, 4.69) is 31.6 Å². The third-order valence-electron chi connectivity index (χ3n) is 7.55. The zero-order chi connectivity index (χ0) is 28.0. The minimum absolute atomic E-state index is 0.0677. The Labute approximate surface area is 228 Å². The van der Waals surface area contributed by atoms with Crippen LogP contribution >= 0.6 is 0 Å². The van der Waals surface area contributed by atoms with Crippen LogP contribution in [0, 0.1) is 17.6 Å². The van der Waals surface area contributed by atoms with E-state index in [9.17, 15) is 18.4 Å². The molecule has 0 spiro atoms. The first-order valence-corrected chi connectivity index (χ1v) is 13.4. The van der Waals surface area contributed by atoms with Gasteiger partial charge in [-0.2, -0.15) is 0 Å². The number of amides is 1. The maximum atomic E-state index is 14.6. The van der Waals surface area contributed by atoms with Crippen molar-refractivity contribution >= 4 is 12.4 Å². The largest absolute Gasteiger partial charge is 0.487 e. The van der Waals surface area contributed by atoms with E-state index in [0.717, 1.165) is 51.9 Å². The van der Waals surface area contributed by atoms with Crippen molar-refractivity contribution in [1.82, 2.24) is 24.7 Å². The van der Waals surface area contributed by atoms with Crippen LogP contribution in [0.1, 0.15) is 43.2 Å². The Bertz CT molecular complexity index is 1110. The number of carbonyl (C=O) groups is 2. The molecule has 5 rings (SSSR count). The molecule has 1 aromatic carbocycles. The molecule has 9 nitrogen and oxygen atoms in total. The van der Waals surface area contributed by atoms with Gasteiger partial charge in [-0.25, -0.2) is 18.7 Å². The van der Waals surface area contributed by atoms with E-state index >= 15 is 0 Å². The summed E-state index contributed by atoms with van der Waals surface area (Å²) in [6.45, 7) is 7.52. The molecule has 1 saturated carbocycles. The molecule has 0 radical (unpaired) electrons.